The number of benzene rings is 1. The Balaban J connectivity index is 3.12. The monoisotopic (exact) mass is 323 g/mol. The zero-order chi connectivity index (χ0) is 12.3. The highest BCUT2D eigenvalue weighted by atomic mass is 79.9. The van der Waals surface area contributed by atoms with Gasteiger partial charge in [-0.3, -0.25) is 0 Å². The van der Waals surface area contributed by atoms with E-state index in [-0.39, 0.29) is 11.9 Å². The van der Waals surface area contributed by atoms with Gasteiger partial charge in [-0.1, -0.05) is 23.2 Å². The zero-order valence-electron chi connectivity index (χ0n) is 7.92. The first-order valence-corrected chi connectivity index (χ1v) is 5.53. The Morgan fingerprint density at radius 3 is 2.06 bits per heavy atom. The molecule has 0 radical (unpaired) electrons. The van der Waals surface area contributed by atoms with Gasteiger partial charge in [0.2, 0.25) is 5.96 Å². The van der Waals surface area contributed by atoms with E-state index in [0.29, 0.717) is 20.2 Å². The minimum atomic E-state index is -0.171. The maximum Gasteiger partial charge on any atom is 0.223 e. The van der Waals surface area contributed by atoms with Crippen molar-refractivity contribution in [1.29, 1.82) is 0 Å². The lowest BCUT2D eigenvalue weighted by Gasteiger charge is -2.01. The van der Waals surface area contributed by atoms with Crippen LogP contribution in [0, 0.1) is 0 Å². The molecule has 0 unspecified atom stereocenters. The predicted octanol–water partition coefficient (Wildman–Crippen LogP) is 1.98. The van der Waals surface area contributed by atoms with Crippen LogP contribution < -0.4 is 17.2 Å². The number of nitrogens with zero attached hydrogens (tertiary/aromatic N) is 2. The lowest BCUT2D eigenvalue weighted by atomic mass is 10.3. The quantitative estimate of drug-likeness (QED) is 0.418. The summed E-state index contributed by atoms with van der Waals surface area (Å²) in [6, 6.07) is 3.15. The molecule has 1 rings (SSSR count). The summed E-state index contributed by atoms with van der Waals surface area (Å²) in [5.74, 6) is -0.245. The van der Waals surface area contributed by atoms with Crippen molar-refractivity contribution in [1.82, 2.24) is 0 Å². The van der Waals surface area contributed by atoms with E-state index in [1.165, 1.54) is 0 Å². The lowest BCUT2D eigenvalue weighted by Crippen LogP contribution is -2.26. The molecule has 0 aliphatic carbocycles. The molecule has 0 saturated carbocycles. The van der Waals surface area contributed by atoms with Gasteiger partial charge in [-0.25, -0.2) is 4.99 Å². The number of hydrogen-bond donors (Lipinski definition) is 3. The van der Waals surface area contributed by atoms with Crippen LogP contribution >= 0.6 is 39.1 Å². The molecule has 0 spiro atoms. The second-order valence-electron chi connectivity index (χ2n) is 2.73. The molecule has 0 aliphatic rings. The maximum atomic E-state index is 5.88. The number of aliphatic imine (C=N–C) groups is 2. The summed E-state index contributed by atoms with van der Waals surface area (Å²) in [6.45, 7) is 0. The highest BCUT2D eigenvalue weighted by Crippen LogP contribution is 2.34. The molecule has 5 nitrogen and oxygen atoms in total. The van der Waals surface area contributed by atoms with Crippen LogP contribution in [0.2, 0.25) is 10.0 Å². The molecule has 0 fully saturated rings. The molecule has 0 aromatic heterocycles. The average Bonchev–Trinajstić information content (AvgIpc) is 2.12. The van der Waals surface area contributed by atoms with Crippen molar-refractivity contribution in [3.63, 3.8) is 0 Å². The second kappa shape index (κ2) is 5.38. The van der Waals surface area contributed by atoms with E-state index in [1.54, 1.807) is 12.1 Å². The first-order valence-electron chi connectivity index (χ1n) is 3.98. The van der Waals surface area contributed by atoms with Gasteiger partial charge in [0.15, 0.2) is 5.96 Å². The first kappa shape index (κ1) is 13.1. The van der Waals surface area contributed by atoms with Gasteiger partial charge >= 0.3 is 0 Å². The third-order valence-electron chi connectivity index (χ3n) is 1.46. The van der Waals surface area contributed by atoms with Crippen molar-refractivity contribution >= 4 is 56.7 Å². The van der Waals surface area contributed by atoms with Gasteiger partial charge in [0.05, 0.1) is 20.2 Å². The van der Waals surface area contributed by atoms with Crippen molar-refractivity contribution in [3.8, 4) is 0 Å². The molecule has 6 N–H and O–H groups in total. The molecular weight excluding hydrogens is 317 g/mol. The summed E-state index contributed by atoms with van der Waals surface area (Å²) in [5.41, 5.74) is 16.2. The Morgan fingerprint density at radius 2 is 1.62 bits per heavy atom. The molecule has 8 heteroatoms. The topological polar surface area (TPSA) is 103 Å². The first-order chi connectivity index (χ1) is 7.40. The third kappa shape index (κ3) is 3.55. The van der Waals surface area contributed by atoms with E-state index >= 15 is 0 Å². The van der Waals surface area contributed by atoms with Gasteiger partial charge in [-0.15, -0.1) is 0 Å². The fraction of sp³-hybridized carbons (Fsp3) is 0. The van der Waals surface area contributed by atoms with Gasteiger partial charge in [0.25, 0.3) is 0 Å². The van der Waals surface area contributed by atoms with E-state index in [9.17, 15) is 0 Å². The fourth-order valence-electron chi connectivity index (χ4n) is 0.896. The SMILES string of the molecule is NC(N)=NC(N)=Nc1cc(Cl)c(Br)c(Cl)c1. The largest absolute Gasteiger partial charge is 0.370 e. The van der Waals surface area contributed by atoms with E-state index in [4.69, 9.17) is 40.4 Å². The highest BCUT2D eigenvalue weighted by Gasteiger charge is 2.05. The molecule has 0 saturated heterocycles. The number of hydrogen-bond acceptors (Lipinski definition) is 1. The van der Waals surface area contributed by atoms with Crippen LogP contribution in [0.3, 0.4) is 0 Å². The lowest BCUT2D eigenvalue weighted by molar-refractivity contribution is 1.38. The van der Waals surface area contributed by atoms with Crippen molar-refractivity contribution in [2.75, 3.05) is 0 Å². The summed E-state index contributed by atoms with van der Waals surface area (Å²) in [5, 5.41) is 0.840. The predicted molar refractivity (Wildman–Crippen MR) is 71.3 cm³/mol. The van der Waals surface area contributed by atoms with Crippen LogP contribution in [0.1, 0.15) is 0 Å². The van der Waals surface area contributed by atoms with Gasteiger partial charge in [0, 0.05) is 0 Å². The summed E-state index contributed by atoms with van der Waals surface area (Å²) < 4.78 is 0.593. The molecular formula is C8H8BrCl2N5. The van der Waals surface area contributed by atoms with Gasteiger partial charge < -0.3 is 17.2 Å². The van der Waals surface area contributed by atoms with E-state index < -0.39 is 0 Å². The zero-order valence-corrected chi connectivity index (χ0v) is 11.0. The number of nitrogens with two attached hydrogens (primary N) is 3. The molecule has 0 bridgehead atoms. The Hall–Kier alpha value is -0.980. The molecule has 0 amide bonds. The number of guanidine groups is 2. The van der Waals surface area contributed by atoms with Gasteiger partial charge in [-0.2, -0.15) is 4.99 Å². The number of halogens is 3. The third-order valence-corrected chi connectivity index (χ3v) is 3.36. The number of rotatable bonds is 1. The summed E-state index contributed by atoms with van der Waals surface area (Å²) in [4.78, 5) is 7.48. The van der Waals surface area contributed by atoms with Crippen molar-refractivity contribution in [2.45, 2.75) is 0 Å². The van der Waals surface area contributed by atoms with E-state index in [2.05, 4.69) is 25.9 Å². The highest BCUT2D eigenvalue weighted by molar-refractivity contribution is 9.10. The van der Waals surface area contributed by atoms with Gasteiger partial charge in [-0.05, 0) is 28.1 Å². The normalized spacial score (nSPS) is 11.3. The van der Waals surface area contributed by atoms with E-state index in [1.807, 2.05) is 0 Å². The molecule has 0 atom stereocenters. The molecule has 86 valence electrons. The molecule has 1 aromatic carbocycles. The van der Waals surface area contributed by atoms with Crippen LogP contribution in [0.4, 0.5) is 5.69 Å². The second-order valence-corrected chi connectivity index (χ2v) is 4.34. The minimum absolute atomic E-state index is 0.0746. The Kier molecular flexibility index (Phi) is 4.40. The summed E-state index contributed by atoms with van der Waals surface area (Å²) in [7, 11) is 0. The van der Waals surface area contributed by atoms with Crippen LogP contribution in [0.25, 0.3) is 0 Å². The Morgan fingerprint density at radius 1 is 1.12 bits per heavy atom. The summed E-state index contributed by atoms with van der Waals surface area (Å²) >= 11 is 15.0. The molecule has 16 heavy (non-hydrogen) atoms. The van der Waals surface area contributed by atoms with Crippen LogP contribution in [-0.4, -0.2) is 11.9 Å². The van der Waals surface area contributed by atoms with Crippen molar-refractivity contribution < 1.29 is 0 Å². The van der Waals surface area contributed by atoms with E-state index in [0.717, 1.165) is 0 Å². The molecule has 0 heterocycles. The minimum Gasteiger partial charge on any atom is -0.370 e. The Labute approximate surface area is 110 Å². The molecule has 0 aliphatic heterocycles. The average molecular weight is 325 g/mol. The summed E-state index contributed by atoms with van der Waals surface area (Å²) in [6.07, 6.45) is 0. The Bertz CT molecular complexity index is 444. The van der Waals surface area contributed by atoms with Crippen molar-refractivity contribution in [3.05, 3.63) is 26.7 Å². The van der Waals surface area contributed by atoms with Gasteiger partial charge in [0.1, 0.15) is 0 Å². The smallest absolute Gasteiger partial charge is 0.223 e. The van der Waals surface area contributed by atoms with Crippen LogP contribution in [0.15, 0.2) is 26.6 Å². The molecule has 1 aromatic rings. The van der Waals surface area contributed by atoms with Crippen LogP contribution in [-0.2, 0) is 0 Å². The standard InChI is InChI=1S/C8H8BrCl2N5/c9-6-4(10)1-3(2-5(6)11)15-8(14)16-7(12)13/h1-2H,(H6,12,13,14,15,16). The fourth-order valence-corrected chi connectivity index (χ4v) is 1.60. The van der Waals surface area contributed by atoms with Crippen molar-refractivity contribution in [2.24, 2.45) is 27.2 Å². The van der Waals surface area contributed by atoms with Crippen LogP contribution in [0.5, 0.6) is 0 Å². The maximum absolute atomic E-state index is 5.88.